The van der Waals surface area contributed by atoms with E-state index in [9.17, 15) is 13.5 Å². The molecule has 0 amide bonds. The Morgan fingerprint density at radius 3 is 2.82 bits per heavy atom. The highest BCUT2D eigenvalue weighted by Gasteiger charge is 2.42. The molecule has 3 rings (SSSR count). The average molecular weight is 268 g/mol. The molecule has 3 nitrogen and oxygen atoms in total. The van der Waals surface area contributed by atoms with Gasteiger partial charge in [-0.1, -0.05) is 18.2 Å². The summed E-state index contributed by atoms with van der Waals surface area (Å²) < 4.78 is 24.1. The average Bonchev–Trinajstić information content (AvgIpc) is 2.82. The van der Waals surface area contributed by atoms with Crippen LogP contribution in [0.3, 0.4) is 0 Å². The van der Waals surface area contributed by atoms with Crippen LogP contribution in [0.2, 0.25) is 0 Å². The summed E-state index contributed by atoms with van der Waals surface area (Å²) in [7, 11) is -3.10. The van der Waals surface area contributed by atoms with E-state index in [2.05, 4.69) is 0 Å². The Bertz CT molecular complexity index is 672. The molecule has 0 radical (unpaired) electrons. The van der Waals surface area contributed by atoms with Crippen molar-refractivity contribution >= 4 is 31.3 Å². The van der Waals surface area contributed by atoms with Crippen LogP contribution in [-0.4, -0.2) is 25.0 Å². The minimum atomic E-state index is -3.10. The second-order valence-corrected chi connectivity index (χ2v) is 7.62. The van der Waals surface area contributed by atoms with Crippen molar-refractivity contribution in [2.75, 3.05) is 11.5 Å². The molecular weight excluding hydrogens is 256 g/mol. The fourth-order valence-corrected chi connectivity index (χ4v) is 5.23. The van der Waals surface area contributed by atoms with Crippen LogP contribution in [-0.2, 0) is 15.4 Å². The maximum absolute atomic E-state index is 11.5. The SMILES string of the molecule is O=S1(=O)CCC(O)(c2cccc3ccsc23)C1. The molecule has 1 saturated heterocycles. The highest BCUT2D eigenvalue weighted by Crippen LogP contribution is 2.39. The second kappa shape index (κ2) is 3.54. The van der Waals surface area contributed by atoms with Crippen LogP contribution in [0.1, 0.15) is 12.0 Å². The zero-order chi connectivity index (χ0) is 12.1. The molecule has 1 aromatic carbocycles. The number of aliphatic hydroxyl groups is 1. The number of hydrogen-bond donors (Lipinski definition) is 1. The first-order chi connectivity index (χ1) is 8.00. The first-order valence-corrected chi connectivity index (χ1v) is 8.10. The predicted molar refractivity (Wildman–Crippen MR) is 69.0 cm³/mol. The van der Waals surface area contributed by atoms with Gasteiger partial charge in [-0.2, -0.15) is 0 Å². The van der Waals surface area contributed by atoms with E-state index in [0.717, 1.165) is 15.6 Å². The van der Waals surface area contributed by atoms with Crippen LogP contribution in [0.15, 0.2) is 29.6 Å². The molecule has 0 spiro atoms. The van der Waals surface area contributed by atoms with Crippen molar-refractivity contribution in [1.82, 2.24) is 0 Å². The highest BCUT2D eigenvalue weighted by atomic mass is 32.2. The highest BCUT2D eigenvalue weighted by molar-refractivity contribution is 7.91. The summed E-state index contributed by atoms with van der Waals surface area (Å²) in [5.41, 5.74) is -0.450. The minimum absolute atomic E-state index is 0.0747. The van der Waals surface area contributed by atoms with Gasteiger partial charge in [0.1, 0.15) is 5.60 Å². The van der Waals surface area contributed by atoms with Crippen LogP contribution in [0.5, 0.6) is 0 Å². The van der Waals surface area contributed by atoms with Crippen molar-refractivity contribution < 1.29 is 13.5 Å². The van der Waals surface area contributed by atoms with Gasteiger partial charge < -0.3 is 5.11 Å². The van der Waals surface area contributed by atoms with E-state index in [1.54, 1.807) is 11.3 Å². The summed E-state index contributed by atoms with van der Waals surface area (Å²) in [5.74, 6) is -0.0811. The summed E-state index contributed by atoms with van der Waals surface area (Å²) in [5, 5.41) is 13.6. The predicted octanol–water partition coefficient (Wildman–Crippen LogP) is 1.91. The van der Waals surface area contributed by atoms with Crippen molar-refractivity contribution in [2.24, 2.45) is 0 Å². The van der Waals surface area contributed by atoms with Gasteiger partial charge in [0.15, 0.2) is 9.84 Å². The number of fused-ring (bicyclic) bond motifs is 1. The van der Waals surface area contributed by atoms with Gasteiger partial charge >= 0.3 is 0 Å². The monoisotopic (exact) mass is 268 g/mol. The molecule has 17 heavy (non-hydrogen) atoms. The molecule has 1 fully saturated rings. The lowest BCUT2D eigenvalue weighted by molar-refractivity contribution is 0.0670. The molecule has 1 N–H and O–H groups in total. The summed E-state index contributed by atoms with van der Waals surface area (Å²) >= 11 is 1.54. The second-order valence-electron chi connectivity index (χ2n) is 4.52. The number of hydrogen-bond acceptors (Lipinski definition) is 4. The van der Waals surface area contributed by atoms with Gasteiger partial charge in [-0.25, -0.2) is 8.42 Å². The quantitative estimate of drug-likeness (QED) is 0.859. The van der Waals surface area contributed by atoms with Crippen LogP contribution in [0.25, 0.3) is 10.1 Å². The van der Waals surface area contributed by atoms with Gasteiger partial charge in [0.05, 0.1) is 11.5 Å². The van der Waals surface area contributed by atoms with Crippen LogP contribution in [0, 0.1) is 0 Å². The molecule has 1 aliphatic heterocycles. The Morgan fingerprint density at radius 1 is 1.29 bits per heavy atom. The molecule has 1 aliphatic rings. The van der Waals surface area contributed by atoms with E-state index < -0.39 is 15.4 Å². The van der Waals surface area contributed by atoms with E-state index in [4.69, 9.17) is 0 Å². The van der Waals surface area contributed by atoms with Crippen molar-refractivity contribution in [3.05, 3.63) is 35.2 Å². The molecule has 1 aromatic heterocycles. The number of rotatable bonds is 1. The van der Waals surface area contributed by atoms with E-state index in [-0.39, 0.29) is 11.5 Å². The Labute approximate surface area is 104 Å². The van der Waals surface area contributed by atoms with E-state index in [1.807, 2.05) is 29.6 Å². The molecule has 1 unspecified atom stereocenters. The normalized spacial score (nSPS) is 27.6. The summed E-state index contributed by atoms with van der Waals surface area (Å²) in [6, 6.07) is 7.66. The third kappa shape index (κ3) is 1.78. The third-order valence-electron chi connectivity index (χ3n) is 3.27. The molecule has 1 atom stereocenters. The lowest BCUT2D eigenvalue weighted by Gasteiger charge is -2.21. The van der Waals surface area contributed by atoms with E-state index in [1.165, 1.54) is 0 Å². The molecular formula is C12H12O3S2. The summed E-state index contributed by atoms with van der Waals surface area (Å²) in [6.45, 7) is 0. The minimum Gasteiger partial charge on any atom is -0.384 e. The van der Waals surface area contributed by atoms with E-state index in [0.29, 0.717) is 6.42 Å². The maximum atomic E-state index is 11.5. The Hall–Kier alpha value is -0.910. The number of benzene rings is 1. The molecule has 2 heterocycles. The Morgan fingerprint density at radius 2 is 2.12 bits per heavy atom. The Kier molecular flexibility index (Phi) is 2.33. The fraction of sp³-hybridized carbons (Fsp3) is 0.333. The van der Waals surface area contributed by atoms with Gasteiger partial charge in [-0.05, 0) is 23.3 Å². The molecule has 2 aromatic rings. The molecule has 0 bridgehead atoms. The topological polar surface area (TPSA) is 54.4 Å². The van der Waals surface area contributed by atoms with Gasteiger partial charge in [0.25, 0.3) is 0 Å². The standard InChI is InChI=1S/C12H12O3S2/c13-12(5-7-17(14,15)8-12)10-3-1-2-9-4-6-16-11(9)10/h1-4,6,13H,5,7-8H2. The van der Waals surface area contributed by atoms with E-state index >= 15 is 0 Å². The largest absolute Gasteiger partial charge is 0.384 e. The Balaban J connectivity index is 2.19. The van der Waals surface area contributed by atoms with Crippen LogP contribution < -0.4 is 0 Å². The lowest BCUT2D eigenvalue weighted by Crippen LogP contribution is -2.26. The first-order valence-electron chi connectivity index (χ1n) is 5.40. The zero-order valence-electron chi connectivity index (χ0n) is 9.09. The van der Waals surface area contributed by atoms with Gasteiger partial charge in [0, 0.05) is 10.3 Å². The molecule has 0 aliphatic carbocycles. The van der Waals surface area contributed by atoms with Gasteiger partial charge in [0.2, 0.25) is 0 Å². The zero-order valence-corrected chi connectivity index (χ0v) is 10.7. The van der Waals surface area contributed by atoms with Crippen LogP contribution in [0.4, 0.5) is 0 Å². The maximum Gasteiger partial charge on any atom is 0.153 e. The van der Waals surface area contributed by atoms with Crippen molar-refractivity contribution in [1.29, 1.82) is 0 Å². The number of thiophene rings is 1. The number of sulfone groups is 1. The molecule has 0 saturated carbocycles. The fourth-order valence-electron chi connectivity index (χ4n) is 2.40. The van der Waals surface area contributed by atoms with Gasteiger partial charge in [-0.15, -0.1) is 11.3 Å². The lowest BCUT2D eigenvalue weighted by atomic mass is 9.93. The molecule has 5 heteroatoms. The van der Waals surface area contributed by atoms with Crippen molar-refractivity contribution in [2.45, 2.75) is 12.0 Å². The third-order valence-corrected chi connectivity index (χ3v) is 5.97. The van der Waals surface area contributed by atoms with Crippen molar-refractivity contribution in [3.8, 4) is 0 Å². The molecule has 90 valence electrons. The first kappa shape index (κ1) is 11.2. The van der Waals surface area contributed by atoms with Gasteiger partial charge in [-0.3, -0.25) is 0 Å². The summed E-state index contributed by atoms with van der Waals surface area (Å²) in [6.07, 6.45) is 0.298. The summed E-state index contributed by atoms with van der Waals surface area (Å²) in [4.78, 5) is 0. The van der Waals surface area contributed by atoms with Crippen LogP contribution >= 0.6 is 11.3 Å². The smallest absolute Gasteiger partial charge is 0.153 e. The van der Waals surface area contributed by atoms with Crippen molar-refractivity contribution in [3.63, 3.8) is 0 Å².